The number of imidazole rings is 1. The van der Waals surface area contributed by atoms with Gasteiger partial charge in [0, 0.05) is 19.6 Å². The number of esters is 1. The first-order chi connectivity index (χ1) is 15.9. The summed E-state index contributed by atoms with van der Waals surface area (Å²) < 4.78 is 45.4. The molecule has 2 heterocycles. The third-order valence-electron chi connectivity index (χ3n) is 5.49. The Kier molecular flexibility index (Phi) is 6.96. The van der Waals surface area contributed by atoms with Crippen molar-refractivity contribution in [2.75, 3.05) is 33.4 Å². The molecular formula is C23H27N3O6S. The fourth-order valence-corrected chi connectivity index (χ4v) is 5.23. The summed E-state index contributed by atoms with van der Waals surface area (Å²) in [7, 11) is -2.10. The van der Waals surface area contributed by atoms with E-state index < -0.39 is 16.0 Å². The molecule has 0 amide bonds. The molecule has 33 heavy (non-hydrogen) atoms. The number of fused-ring (bicyclic) bond motifs is 1. The molecule has 1 fully saturated rings. The second-order valence-electron chi connectivity index (χ2n) is 7.65. The van der Waals surface area contributed by atoms with Crippen molar-refractivity contribution >= 4 is 27.0 Å². The summed E-state index contributed by atoms with van der Waals surface area (Å²) in [5.74, 6) is 0.639. The van der Waals surface area contributed by atoms with Crippen LogP contribution in [0.15, 0.2) is 47.4 Å². The Bertz CT molecular complexity index is 1250. The number of morpholine rings is 1. The molecule has 10 heteroatoms. The highest BCUT2D eigenvalue weighted by atomic mass is 32.2. The normalized spacial score (nSPS) is 15.0. The van der Waals surface area contributed by atoms with Crippen molar-refractivity contribution in [2.45, 2.75) is 31.4 Å². The standard InChI is InChI=1S/C23H27N3O6S/c1-3-9-26-21-8-7-19(33(28,29)25-10-12-31-13-11-25)15-20(21)24-22(26)16-32-23(27)17-5-4-6-18(14-17)30-2/h4-8,14-15H,3,9-13,16H2,1-2H3. The van der Waals surface area contributed by atoms with Crippen LogP contribution in [0.4, 0.5) is 0 Å². The summed E-state index contributed by atoms with van der Waals surface area (Å²) in [6, 6.07) is 11.7. The van der Waals surface area contributed by atoms with Crippen molar-refractivity contribution in [3.8, 4) is 5.75 Å². The number of nitrogens with zero attached hydrogens (tertiary/aromatic N) is 3. The molecule has 0 bridgehead atoms. The van der Waals surface area contributed by atoms with Gasteiger partial charge in [0.15, 0.2) is 0 Å². The number of methoxy groups -OCH3 is 1. The van der Waals surface area contributed by atoms with Gasteiger partial charge in [0.05, 0.1) is 41.8 Å². The fourth-order valence-electron chi connectivity index (χ4n) is 3.80. The summed E-state index contributed by atoms with van der Waals surface area (Å²) in [5.41, 5.74) is 1.72. The molecule has 0 radical (unpaired) electrons. The number of carbonyl (C=O) groups is 1. The van der Waals surface area contributed by atoms with E-state index in [1.165, 1.54) is 11.4 Å². The Labute approximate surface area is 192 Å². The van der Waals surface area contributed by atoms with E-state index in [9.17, 15) is 13.2 Å². The van der Waals surface area contributed by atoms with E-state index in [0.29, 0.717) is 55.5 Å². The fraction of sp³-hybridized carbons (Fsp3) is 0.391. The van der Waals surface area contributed by atoms with Gasteiger partial charge in [0.25, 0.3) is 0 Å². The van der Waals surface area contributed by atoms with Crippen LogP contribution in [-0.4, -0.2) is 61.7 Å². The van der Waals surface area contributed by atoms with E-state index in [1.807, 2.05) is 11.5 Å². The average molecular weight is 474 g/mol. The zero-order chi connectivity index (χ0) is 23.4. The number of hydrogen-bond donors (Lipinski definition) is 0. The zero-order valence-electron chi connectivity index (χ0n) is 18.7. The third kappa shape index (κ3) is 4.87. The maximum absolute atomic E-state index is 13.0. The number of aryl methyl sites for hydroxylation is 1. The van der Waals surface area contributed by atoms with Crippen LogP contribution in [0.2, 0.25) is 0 Å². The molecule has 1 aliphatic rings. The van der Waals surface area contributed by atoms with Gasteiger partial charge in [0.1, 0.15) is 18.2 Å². The van der Waals surface area contributed by atoms with Crippen molar-refractivity contribution in [1.29, 1.82) is 0 Å². The summed E-state index contributed by atoms with van der Waals surface area (Å²) in [5, 5.41) is 0. The minimum atomic E-state index is -3.63. The van der Waals surface area contributed by atoms with Gasteiger partial charge < -0.3 is 18.8 Å². The lowest BCUT2D eigenvalue weighted by Crippen LogP contribution is -2.40. The van der Waals surface area contributed by atoms with Crippen LogP contribution >= 0.6 is 0 Å². The molecule has 0 unspecified atom stereocenters. The molecule has 4 rings (SSSR count). The van der Waals surface area contributed by atoms with Gasteiger partial charge in [-0.2, -0.15) is 4.31 Å². The molecular weight excluding hydrogens is 446 g/mol. The lowest BCUT2D eigenvalue weighted by Gasteiger charge is -2.26. The molecule has 176 valence electrons. The predicted molar refractivity (Wildman–Crippen MR) is 122 cm³/mol. The van der Waals surface area contributed by atoms with Crippen molar-refractivity contribution in [3.63, 3.8) is 0 Å². The number of ether oxygens (including phenoxy) is 3. The van der Waals surface area contributed by atoms with Crippen LogP contribution in [0.3, 0.4) is 0 Å². The molecule has 0 N–H and O–H groups in total. The number of carbonyl (C=O) groups excluding carboxylic acids is 1. The molecule has 0 atom stereocenters. The summed E-state index contributed by atoms with van der Waals surface area (Å²) in [6.45, 7) is 4.10. The van der Waals surface area contributed by atoms with Gasteiger partial charge in [-0.15, -0.1) is 0 Å². The van der Waals surface area contributed by atoms with Crippen molar-refractivity contribution in [3.05, 3.63) is 53.9 Å². The zero-order valence-corrected chi connectivity index (χ0v) is 19.5. The number of aromatic nitrogens is 2. The Morgan fingerprint density at radius 2 is 1.94 bits per heavy atom. The van der Waals surface area contributed by atoms with Crippen LogP contribution in [0.1, 0.15) is 29.5 Å². The SMILES string of the molecule is CCCn1c(COC(=O)c2cccc(OC)c2)nc2cc(S(=O)(=O)N3CCOCC3)ccc21. The monoisotopic (exact) mass is 473 g/mol. The second kappa shape index (κ2) is 9.90. The Morgan fingerprint density at radius 3 is 2.67 bits per heavy atom. The summed E-state index contributed by atoms with van der Waals surface area (Å²) >= 11 is 0. The maximum atomic E-state index is 13.0. The van der Waals surface area contributed by atoms with Crippen LogP contribution in [0, 0.1) is 0 Å². The van der Waals surface area contributed by atoms with Crippen molar-refractivity contribution < 1.29 is 27.4 Å². The number of rotatable bonds is 8. The van der Waals surface area contributed by atoms with E-state index >= 15 is 0 Å². The molecule has 3 aromatic rings. The molecule has 0 spiro atoms. The van der Waals surface area contributed by atoms with E-state index in [0.717, 1.165) is 11.9 Å². The van der Waals surface area contributed by atoms with Gasteiger partial charge in [-0.3, -0.25) is 0 Å². The first-order valence-corrected chi connectivity index (χ1v) is 12.3. The highest BCUT2D eigenvalue weighted by molar-refractivity contribution is 7.89. The van der Waals surface area contributed by atoms with Gasteiger partial charge >= 0.3 is 5.97 Å². The Morgan fingerprint density at radius 1 is 1.15 bits per heavy atom. The van der Waals surface area contributed by atoms with Crippen LogP contribution in [0.5, 0.6) is 5.75 Å². The smallest absolute Gasteiger partial charge is 0.338 e. The van der Waals surface area contributed by atoms with Gasteiger partial charge in [0.2, 0.25) is 10.0 Å². The average Bonchev–Trinajstić information content (AvgIpc) is 3.20. The highest BCUT2D eigenvalue weighted by Crippen LogP contribution is 2.24. The highest BCUT2D eigenvalue weighted by Gasteiger charge is 2.27. The lowest BCUT2D eigenvalue weighted by atomic mass is 10.2. The van der Waals surface area contributed by atoms with Crippen LogP contribution in [-0.2, 0) is 32.6 Å². The minimum Gasteiger partial charge on any atom is -0.497 e. The third-order valence-corrected chi connectivity index (χ3v) is 7.39. The van der Waals surface area contributed by atoms with Crippen molar-refractivity contribution in [1.82, 2.24) is 13.9 Å². The van der Waals surface area contributed by atoms with Gasteiger partial charge in [-0.1, -0.05) is 13.0 Å². The topological polar surface area (TPSA) is 100.0 Å². The van der Waals surface area contributed by atoms with E-state index in [2.05, 4.69) is 4.98 Å². The van der Waals surface area contributed by atoms with Crippen LogP contribution < -0.4 is 4.74 Å². The largest absolute Gasteiger partial charge is 0.497 e. The number of hydrogen-bond acceptors (Lipinski definition) is 7. The molecule has 0 saturated carbocycles. The molecule has 9 nitrogen and oxygen atoms in total. The Hall–Kier alpha value is -2.95. The van der Waals surface area contributed by atoms with Gasteiger partial charge in [-0.05, 0) is 42.8 Å². The lowest BCUT2D eigenvalue weighted by molar-refractivity contribution is 0.0458. The quantitative estimate of drug-likeness (QED) is 0.464. The summed E-state index contributed by atoms with van der Waals surface area (Å²) in [4.78, 5) is 17.3. The summed E-state index contributed by atoms with van der Waals surface area (Å²) in [6.07, 6.45) is 0.843. The second-order valence-corrected chi connectivity index (χ2v) is 9.59. The molecule has 2 aromatic carbocycles. The van der Waals surface area contributed by atoms with E-state index in [4.69, 9.17) is 14.2 Å². The molecule has 1 aliphatic heterocycles. The molecule has 0 aliphatic carbocycles. The minimum absolute atomic E-state index is 0.0315. The van der Waals surface area contributed by atoms with Crippen molar-refractivity contribution in [2.24, 2.45) is 0 Å². The first-order valence-electron chi connectivity index (χ1n) is 10.8. The number of benzene rings is 2. The molecule has 1 saturated heterocycles. The van der Waals surface area contributed by atoms with E-state index in [-0.39, 0.29) is 11.5 Å². The van der Waals surface area contributed by atoms with Crippen LogP contribution in [0.25, 0.3) is 11.0 Å². The first kappa shape index (κ1) is 23.2. The number of sulfonamides is 1. The Balaban J connectivity index is 1.60. The molecule has 1 aromatic heterocycles. The van der Waals surface area contributed by atoms with E-state index in [1.54, 1.807) is 42.5 Å². The van der Waals surface area contributed by atoms with Gasteiger partial charge in [-0.25, -0.2) is 18.2 Å². The predicted octanol–water partition coefficient (Wildman–Crippen LogP) is 2.83. The maximum Gasteiger partial charge on any atom is 0.338 e.